The number of carbonyl (C=O) groups excluding carboxylic acids is 2. The molecule has 8 heteroatoms. The molecule has 0 spiro atoms. The Bertz CT molecular complexity index is 560. The van der Waals surface area contributed by atoms with Crippen LogP contribution in [0.25, 0.3) is 0 Å². The highest BCUT2D eigenvalue weighted by Gasteiger charge is 2.31. The molecule has 112 valence electrons. The molecule has 1 fully saturated rings. The fourth-order valence-corrected chi connectivity index (χ4v) is 2.64. The largest absolute Gasteiger partial charge is 0.508 e. The topological polar surface area (TPSA) is 116 Å². The Morgan fingerprint density at radius 1 is 1.38 bits per heavy atom. The van der Waals surface area contributed by atoms with Crippen molar-refractivity contribution in [2.45, 2.75) is 18.5 Å². The molecule has 1 aliphatic rings. The highest BCUT2D eigenvalue weighted by molar-refractivity contribution is 8.14. The number of nitrogens with one attached hydrogen (secondary N) is 2. The van der Waals surface area contributed by atoms with Crippen LogP contribution >= 0.6 is 11.8 Å². The SMILES string of the molecule is O=C1NC(C(=O)NC(Cc2ccc(O)cc2)C(=O)O)CS1. The van der Waals surface area contributed by atoms with E-state index < -0.39 is 24.0 Å². The number of carboxylic acid groups (broad SMARTS) is 1. The number of carbonyl (C=O) groups is 3. The van der Waals surface area contributed by atoms with Crippen LogP contribution < -0.4 is 10.6 Å². The van der Waals surface area contributed by atoms with E-state index in [2.05, 4.69) is 10.6 Å². The minimum Gasteiger partial charge on any atom is -0.508 e. The number of rotatable bonds is 5. The number of phenolic OH excluding ortho intramolecular Hbond substituents is 1. The summed E-state index contributed by atoms with van der Waals surface area (Å²) in [6.45, 7) is 0. The number of thioether (sulfide) groups is 1. The van der Waals surface area contributed by atoms with Crippen molar-refractivity contribution in [2.24, 2.45) is 0 Å². The Morgan fingerprint density at radius 3 is 2.57 bits per heavy atom. The van der Waals surface area contributed by atoms with Crippen LogP contribution in [0.4, 0.5) is 4.79 Å². The molecule has 0 radical (unpaired) electrons. The Labute approximate surface area is 124 Å². The lowest BCUT2D eigenvalue weighted by Gasteiger charge is -2.17. The molecule has 2 rings (SSSR count). The first-order valence-corrected chi connectivity index (χ1v) is 7.18. The molecule has 1 saturated heterocycles. The number of benzene rings is 1. The molecule has 21 heavy (non-hydrogen) atoms. The molecule has 0 saturated carbocycles. The van der Waals surface area contributed by atoms with Gasteiger partial charge in [0.1, 0.15) is 17.8 Å². The van der Waals surface area contributed by atoms with E-state index in [-0.39, 0.29) is 23.2 Å². The molecule has 2 atom stereocenters. The maximum absolute atomic E-state index is 11.9. The maximum Gasteiger partial charge on any atom is 0.326 e. The summed E-state index contributed by atoms with van der Waals surface area (Å²) >= 11 is 0.989. The summed E-state index contributed by atoms with van der Waals surface area (Å²) in [6.07, 6.45) is 0.0924. The number of hydrogen-bond donors (Lipinski definition) is 4. The fraction of sp³-hybridized carbons (Fsp3) is 0.308. The third-order valence-corrected chi connectivity index (χ3v) is 3.86. The smallest absolute Gasteiger partial charge is 0.326 e. The summed E-state index contributed by atoms with van der Waals surface area (Å²) < 4.78 is 0. The molecule has 1 aromatic carbocycles. The van der Waals surface area contributed by atoms with Gasteiger partial charge in [-0.2, -0.15) is 0 Å². The minimum absolute atomic E-state index is 0.0837. The normalized spacial score (nSPS) is 18.9. The number of carboxylic acids is 1. The van der Waals surface area contributed by atoms with Crippen LogP contribution in [0.3, 0.4) is 0 Å². The summed E-state index contributed by atoms with van der Waals surface area (Å²) in [5.41, 5.74) is 0.672. The Kier molecular flexibility index (Phi) is 4.69. The first-order chi connectivity index (χ1) is 9.95. The van der Waals surface area contributed by atoms with E-state index in [1.54, 1.807) is 12.1 Å². The fourth-order valence-electron chi connectivity index (χ4n) is 1.87. The number of hydrogen-bond acceptors (Lipinski definition) is 5. The molecule has 2 amide bonds. The molecule has 0 aliphatic carbocycles. The summed E-state index contributed by atoms with van der Waals surface area (Å²) in [5.74, 6) is -1.30. The maximum atomic E-state index is 11.9. The number of aliphatic carboxylic acids is 1. The van der Waals surface area contributed by atoms with Crippen molar-refractivity contribution in [3.63, 3.8) is 0 Å². The van der Waals surface area contributed by atoms with Gasteiger partial charge in [-0.1, -0.05) is 23.9 Å². The molecular formula is C13H14N2O5S. The Morgan fingerprint density at radius 2 is 2.05 bits per heavy atom. The second kappa shape index (κ2) is 6.49. The molecule has 1 heterocycles. The van der Waals surface area contributed by atoms with E-state index in [0.717, 1.165) is 11.8 Å². The van der Waals surface area contributed by atoms with Gasteiger partial charge < -0.3 is 20.8 Å². The van der Waals surface area contributed by atoms with E-state index in [0.29, 0.717) is 5.56 Å². The summed E-state index contributed by atoms with van der Waals surface area (Å²) in [6, 6.07) is 4.27. The minimum atomic E-state index is -1.16. The standard InChI is InChI=1S/C13H14N2O5S/c16-8-3-1-7(2-4-8)5-9(12(18)19)14-11(17)10-6-21-13(20)15-10/h1-4,9-10,16H,5-6H2,(H,14,17)(H,15,20)(H,18,19). The molecule has 1 aliphatic heterocycles. The van der Waals surface area contributed by atoms with Crippen LogP contribution in [0.5, 0.6) is 5.75 Å². The molecular weight excluding hydrogens is 296 g/mol. The third kappa shape index (κ3) is 4.12. The van der Waals surface area contributed by atoms with Crippen LogP contribution in [0, 0.1) is 0 Å². The summed E-state index contributed by atoms with van der Waals surface area (Å²) in [7, 11) is 0. The monoisotopic (exact) mass is 310 g/mol. The van der Waals surface area contributed by atoms with Crippen molar-refractivity contribution in [3.8, 4) is 5.75 Å². The van der Waals surface area contributed by atoms with Crippen molar-refractivity contribution in [1.82, 2.24) is 10.6 Å². The van der Waals surface area contributed by atoms with Crippen LogP contribution in [0.1, 0.15) is 5.56 Å². The molecule has 2 unspecified atom stereocenters. The zero-order valence-corrected chi connectivity index (χ0v) is 11.7. The van der Waals surface area contributed by atoms with E-state index in [1.165, 1.54) is 12.1 Å². The Hall–Kier alpha value is -2.22. The van der Waals surface area contributed by atoms with Gasteiger partial charge in [-0.3, -0.25) is 9.59 Å². The second-order valence-corrected chi connectivity index (χ2v) is 5.56. The Balaban J connectivity index is 1.99. The van der Waals surface area contributed by atoms with Gasteiger partial charge in [0.05, 0.1) is 0 Å². The zero-order chi connectivity index (χ0) is 15.4. The van der Waals surface area contributed by atoms with E-state index >= 15 is 0 Å². The van der Waals surface area contributed by atoms with Gasteiger partial charge in [0.2, 0.25) is 5.91 Å². The number of aromatic hydroxyl groups is 1. The lowest BCUT2D eigenvalue weighted by molar-refractivity contribution is -0.141. The average molecular weight is 310 g/mol. The molecule has 7 nitrogen and oxygen atoms in total. The lowest BCUT2D eigenvalue weighted by Crippen LogP contribution is -2.50. The molecule has 0 aromatic heterocycles. The van der Waals surface area contributed by atoms with Gasteiger partial charge in [-0.25, -0.2) is 4.79 Å². The van der Waals surface area contributed by atoms with Gasteiger partial charge in [0.15, 0.2) is 0 Å². The van der Waals surface area contributed by atoms with Gasteiger partial charge >= 0.3 is 5.97 Å². The van der Waals surface area contributed by atoms with Crippen molar-refractivity contribution >= 4 is 28.9 Å². The van der Waals surface area contributed by atoms with Gasteiger partial charge in [0.25, 0.3) is 5.24 Å². The first kappa shape index (κ1) is 15.2. The van der Waals surface area contributed by atoms with Crippen molar-refractivity contribution in [2.75, 3.05) is 5.75 Å². The van der Waals surface area contributed by atoms with Crippen molar-refractivity contribution in [1.29, 1.82) is 0 Å². The van der Waals surface area contributed by atoms with Crippen molar-refractivity contribution in [3.05, 3.63) is 29.8 Å². The highest BCUT2D eigenvalue weighted by Crippen LogP contribution is 2.14. The van der Waals surface area contributed by atoms with Crippen molar-refractivity contribution < 1.29 is 24.6 Å². The van der Waals surface area contributed by atoms with Gasteiger partial charge in [-0.15, -0.1) is 0 Å². The quantitative estimate of drug-likeness (QED) is 0.623. The van der Waals surface area contributed by atoms with E-state index in [1.807, 2.05) is 0 Å². The number of phenols is 1. The van der Waals surface area contributed by atoms with Crippen LogP contribution in [-0.4, -0.2) is 45.2 Å². The zero-order valence-electron chi connectivity index (χ0n) is 10.9. The highest BCUT2D eigenvalue weighted by atomic mass is 32.2. The van der Waals surface area contributed by atoms with E-state index in [9.17, 15) is 24.6 Å². The first-order valence-electron chi connectivity index (χ1n) is 6.20. The molecule has 4 N–H and O–H groups in total. The van der Waals surface area contributed by atoms with E-state index in [4.69, 9.17) is 0 Å². The predicted octanol–water partition coefficient (Wildman–Crippen LogP) is 0.329. The predicted molar refractivity (Wildman–Crippen MR) is 76.2 cm³/mol. The summed E-state index contributed by atoms with van der Waals surface area (Å²) in [4.78, 5) is 34.2. The lowest BCUT2D eigenvalue weighted by atomic mass is 10.1. The van der Waals surface area contributed by atoms with Gasteiger partial charge in [-0.05, 0) is 17.7 Å². The average Bonchev–Trinajstić information content (AvgIpc) is 2.87. The van der Waals surface area contributed by atoms with Crippen LogP contribution in [0.15, 0.2) is 24.3 Å². The molecule has 0 bridgehead atoms. The van der Waals surface area contributed by atoms with Crippen LogP contribution in [0.2, 0.25) is 0 Å². The molecule has 1 aromatic rings. The summed E-state index contributed by atoms with van der Waals surface area (Å²) in [5, 5.41) is 22.9. The van der Waals surface area contributed by atoms with Crippen LogP contribution in [-0.2, 0) is 16.0 Å². The number of amides is 2. The third-order valence-electron chi connectivity index (χ3n) is 2.98. The second-order valence-electron chi connectivity index (χ2n) is 4.57. The van der Waals surface area contributed by atoms with Gasteiger partial charge in [0, 0.05) is 12.2 Å².